The molecule has 5 heteroatoms. The summed E-state index contributed by atoms with van der Waals surface area (Å²) in [5.74, 6) is 0.865. The maximum absolute atomic E-state index is 13.1. The summed E-state index contributed by atoms with van der Waals surface area (Å²) in [6, 6.07) is 20.5. The Morgan fingerprint density at radius 2 is 1.75 bits per heavy atom. The van der Waals surface area contributed by atoms with Crippen LogP contribution in [0.2, 0.25) is 0 Å². The number of carbonyl (C=O) groups excluding carboxylic acids is 1. The number of methoxy groups -OCH3 is 1. The van der Waals surface area contributed by atoms with E-state index in [1.165, 1.54) is 12.1 Å². The normalized spacial score (nSPS) is 11.5. The predicted molar refractivity (Wildman–Crippen MR) is 106 cm³/mol. The molecule has 3 rings (SSSR count). The minimum Gasteiger partial charge on any atom is -0.496 e. The molecule has 4 nitrogen and oxygen atoms in total. The fourth-order valence-electron chi connectivity index (χ4n) is 2.83. The number of nitrogens with one attached hydrogen (secondary N) is 1. The molecule has 0 radical (unpaired) electrons. The Morgan fingerprint density at radius 1 is 1.04 bits per heavy atom. The lowest BCUT2D eigenvalue weighted by atomic mass is 10.1. The van der Waals surface area contributed by atoms with E-state index in [2.05, 4.69) is 5.32 Å². The van der Waals surface area contributed by atoms with E-state index in [1.54, 1.807) is 37.4 Å². The number of benzene rings is 3. The van der Waals surface area contributed by atoms with Gasteiger partial charge in [-0.05, 0) is 55.0 Å². The molecule has 0 aliphatic rings. The van der Waals surface area contributed by atoms with Crippen molar-refractivity contribution in [2.45, 2.75) is 19.6 Å². The van der Waals surface area contributed by atoms with Gasteiger partial charge in [0.15, 0.2) is 0 Å². The minimum atomic E-state index is -0.305. The van der Waals surface area contributed by atoms with E-state index in [4.69, 9.17) is 9.47 Å². The van der Waals surface area contributed by atoms with Crippen LogP contribution in [0.3, 0.4) is 0 Å². The Labute approximate surface area is 163 Å². The first-order valence-corrected chi connectivity index (χ1v) is 8.98. The lowest BCUT2D eigenvalue weighted by Crippen LogP contribution is -2.26. The number of carbonyl (C=O) groups is 1. The second kappa shape index (κ2) is 9.04. The van der Waals surface area contributed by atoms with Crippen molar-refractivity contribution in [2.24, 2.45) is 0 Å². The standard InChI is InChI=1S/C23H22FNO3/c1-16(17-8-11-20(24)12-9-17)25-23(26)18-10-13-22(27-2)19(14-18)15-28-21-6-4-3-5-7-21/h3-14,16H,15H2,1-2H3,(H,25,26). The largest absolute Gasteiger partial charge is 0.496 e. The molecule has 144 valence electrons. The van der Waals surface area contributed by atoms with Crippen molar-refractivity contribution < 1.29 is 18.7 Å². The average Bonchev–Trinajstić information content (AvgIpc) is 2.73. The summed E-state index contributed by atoms with van der Waals surface area (Å²) in [6.07, 6.45) is 0. The topological polar surface area (TPSA) is 47.6 Å². The molecule has 0 spiro atoms. The molecule has 0 bridgehead atoms. The highest BCUT2D eigenvalue weighted by molar-refractivity contribution is 5.94. The first-order chi connectivity index (χ1) is 13.6. The maximum atomic E-state index is 13.1. The van der Waals surface area contributed by atoms with Crippen LogP contribution < -0.4 is 14.8 Å². The minimum absolute atomic E-state index is 0.222. The van der Waals surface area contributed by atoms with Gasteiger partial charge in [0.2, 0.25) is 0 Å². The molecule has 0 saturated carbocycles. The molecule has 0 aliphatic carbocycles. The van der Waals surface area contributed by atoms with Crippen molar-refractivity contribution in [1.29, 1.82) is 0 Å². The van der Waals surface area contributed by atoms with Gasteiger partial charge in [0.1, 0.15) is 23.9 Å². The Balaban J connectivity index is 1.72. The van der Waals surface area contributed by atoms with Crippen LogP contribution in [0, 0.1) is 5.82 Å². The highest BCUT2D eigenvalue weighted by Crippen LogP contribution is 2.23. The van der Waals surface area contributed by atoms with Crippen LogP contribution in [0.4, 0.5) is 4.39 Å². The second-order valence-electron chi connectivity index (χ2n) is 6.38. The fourth-order valence-corrected chi connectivity index (χ4v) is 2.83. The number of hydrogen-bond donors (Lipinski definition) is 1. The molecule has 28 heavy (non-hydrogen) atoms. The zero-order valence-corrected chi connectivity index (χ0v) is 15.8. The molecule has 1 amide bonds. The van der Waals surface area contributed by atoms with Crippen molar-refractivity contribution in [3.05, 3.63) is 95.3 Å². The van der Waals surface area contributed by atoms with E-state index in [1.807, 2.05) is 37.3 Å². The Kier molecular flexibility index (Phi) is 6.27. The third-order valence-corrected chi connectivity index (χ3v) is 4.40. The van der Waals surface area contributed by atoms with Gasteiger partial charge in [-0.3, -0.25) is 4.79 Å². The summed E-state index contributed by atoms with van der Waals surface area (Å²) in [6.45, 7) is 2.13. The third-order valence-electron chi connectivity index (χ3n) is 4.40. The molecule has 1 unspecified atom stereocenters. The fraction of sp³-hybridized carbons (Fsp3) is 0.174. The van der Waals surface area contributed by atoms with Gasteiger partial charge in [-0.25, -0.2) is 4.39 Å². The highest BCUT2D eigenvalue weighted by Gasteiger charge is 2.14. The molecule has 1 N–H and O–H groups in total. The van der Waals surface area contributed by atoms with Gasteiger partial charge < -0.3 is 14.8 Å². The zero-order chi connectivity index (χ0) is 19.9. The van der Waals surface area contributed by atoms with E-state index in [0.29, 0.717) is 11.3 Å². The number of amides is 1. The number of rotatable bonds is 7. The Morgan fingerprint density at radius 3 is 2.43 bits per heavy atom. The summed E-state index contributed by atoms with van der Waals surface area (Å²) in [5, 5.41) is 2.93. The van der Waals surface area contributed by atoms with Crippen LogP contribution >= 0.6 is 0 Å². The maximum Gasteiger partial charge on any atom is 0.251 e. The molecule has 3 aromatic carbocycles. The molecule has 0 saturated heterocycles. The van der Waals surface area contributed by atoms with Crippen LogP contribution in [0.25, 0.3) is 0 Å². The van der Waals surface area contributed by atoms with E-state index in [0.717, 1.165) is 16.9 Å². The average molecular weight is 379 g/mol. The van der Waals surface area contributed by atoms with Gasteiger partial charge in [-0.2, -0.15) is 0 Å². The van der Waals surface area contributed by atoms with Crippen molar-refractivity contribution >= 4 is 5.91 Å². The second-order valence-corrected chi connectivity index (χ2v) is 6.38. The number of halogens is 1. The van der Waals surface area contributed by atoms with Gasteiger partial charge >= 0.3 is 0 Å². The number of para-hydroxylation sites is 1. The van der Waals surface area contributed by atoms with Gasteiger partial charge in [0, 0.05) is 11.1 Å². The summed E-state index contributed by atoms with van der Waals surface area (Å²) in [7, 11) is 1.58. The van der Waals surface area contributed by atoms with E-state index < -0.39 is 0 Å². The number of ether oxygens (including phenoxy) is 2. The summed E-state index contributed by atoms with van der Waals surface area (Å²) in [5.41, 5.74) is 2.10. The van der Waals surface area contributed by atoms with Gasteiger partial charge in [-0.1, -0.05) is 30.3 Å². The summed E-state index contributed by atoms with van der Waals surface area (Å²) < 4.78 is 24.2. The van der Waals surface area contributed by atoms with Gasteiger partial charge in [0.25, 0.3) is 5.91 Å². The van der Waals surface area contributed by atoms with Crippen molar-refractivity contribution in [3.63, 3.8) is 0 Å². The smallest absolute Gasteiger partial charge is 0.251 e. The first kappa shape index (κ1) is 19.4. The van der Waals surface area contributed by atoms with E-state index in [-0.39, 0.29) is 24.4 Å². The van der Waals surface area contributed by atoms with Gasteiger partial charge in [-0.15, -0.1) is 0 Å². The van der Waals surface area contributed by atoms with Crippen molar-refractivity contribution in [1.82, 2.24) is 5.32 Å². The van der Waals surface area contributed by atoms with Crippen LogP contribution in [-0.4, -0.2) is 13.0 Å². The van der Waals surface area contributed by atoms with Crippen LogP contribution in [0.5, 0.6) is 11.5 Å². The molecule has 0 aromatic heterocycles. The van der Waals surface area contributed by atoms with Crippen LogP contribution in [0.1, 0.15) is 34.5 Å². The number of hydrogen-bond acceptors (Lipinski definition) is 3. The molecule has 0 aliphatic heterocycles. The van der Waals surface area contributed by atoms with Crippen molar-refractivity contribution in [2.75, 3.05) is 7.11 Å². The quantitative estimate of drug-likeness (QED) is 0.635. The third kappa shape index (κ3) is 4.88. The van der Waals surface area contributed by atoms with E-state index >= 15 is 0 Å². The highest BCUT2D eigenvalue weighted by atomic mass is 19.1. The Bertz CT molecular complexity index is 926. The molecular weight excluding hydrogens is 357 g/mol. The molecule has 0 heterocycles. The summed E-state index contributed by atoms with van der Waals surface area (Å²) >= 11 is 0. The SMILES string of the molecule is COc1ccc(C(=O)NC(C)c2ccc(F)cc2)cc1COc1ccccc1. The lowest BCUT2D eigenvalue weighted by Gasteiger charge is -2.16. The van der Waals surface area contributed by atoms with Crippen LogP contribution in [0.15, 0.2) is 72.8 Å². The summed E-state index contributed by atoms with van der Waals surface area (Å²) in [4.78, 5) is 12.7. The Hall–Kier alpha value is -3.34. The molecule has 1 atom stereocenters. The van der Waals surface area contributed by atoms with E-state index in [9.17, 15) is 9.18 Å². The van der Waals surface area contributed by atoms with Gasteiger partial charge in [0.05, 0.1) is 13.2 Å². The van der Waals surface area contributed by atoms with Crippen molar-refractivity contribution in [3.8, 4) is 11.5 Å². The first-order valence-electron chi connectivity index (χ1n) is 8.98. The monoisotopic (exact) mass is 379 g/mol. The molecule has 3 aromatic rings. The molecular formula is C23H22FNO3. The zero-order valence-electron chi connectivity index (χ0n) is 15.8. The molecule has 0 fully saturated rings. The van der Waals surface area contributed by atoms with Crippen LogP contribution in [-0.2, 0) is 6.61 Å². The predicted octanol–water partition coefficient (Wildman–Crippen LogP) is 4.90. The lowest BCUT2D eigenvalue weighted by molar-refractivity contribution is 0.0939.